The summed E-state index contributed by atoms with van der Waals surface area (Å²) in [7, 11) is 1.62. The summed E-state index contributed by atoms with van der Waals surface area (Å²) in [4.78, 5) is 10.9. The Labute approximate surface area is 153 Å². The first-order valence-corrected chi connectivity index (χ1v) is 8.30. The lowest BCUT2D eigenvalue weighted by Crippen LogP contribution is -2.00. The molecule has 3 aromatic carbocycles. The summed E-state index contributed by atoms with van der Waals surface area (Å²) in [5.74, 6) is 1.99. The van der Waals surface area contributed by atoms with Crippen LogP contribution in [0.2, 0.25) is 0 Å². The molecule has 26 heavy (non-hydrogen) atoms. The third kappa shape index (κ3) is 4.63. The molecule has 0 bridgehead atoms. The number of rotatable bonds is 8. The van der Waals surface area contributed by atoms with E-state index in [1.165, 1.54) is 0 Å². The first-order valence-electron chi connectivity index (χ1n) is 8.30. The average Bonchev–Trinajstić information content (AvgIpc) is 2.71. The molecule has 0 N–H and O–H groups in total. The highest BCUT2D eigenvalue weighted by molar-refractivity contribution is 5.75. The van der Waals surface area contributed by atoms with Gasteiger partial charge in [0, 0.05) is 5.56 Å². The van der Waals surface area contributed by atoms with Crippen molar-refractivity contribution in [3.63, 3.8) is 0 Å². The normalized spacial score (nSPS) is 10.2. The molecule has 0 unspecified atom stereocenters. The molecule has 3 rings (SSSR count). The topological polar surface area (TPSA) is 44.8 Å². The molecule has 0 heterocycles. The first kappa shape index (κ1) is 17.5. The van der Waals surface area contributed by atoms with Crippen LogP contribution in [0.1, 0.15) is 21.5 Å². The third-order valence-electron chi connectivity index (χ3n) is 3.86. The van der Waals surface area contributed by atoms with Gasteiger partial charge >= 0.3 is 0 Å². The fraction of sp³-hybridized carbons (Fsp3) is 0.136. The molecule has 0 aliphatic heterocycles. The van der Waals surface area contributed by atoms with Crippen LogP contribution in [-0.2, 0) is 13.2 Å². The minimum Gasteiger partial charge on any atom is -0.493 e. The summed E-state index contributed by atoms with van der Waals surface area (Å²) in [5.41, 5.74) is 2.62. The predicted octanol–water partition coefficient (Wildman–Crippen LogP) is 4.67. The lowest BCUT2D eigenvalue weighted by atomic mass is 10.2. The number of ether oxygens (including phenoxy) is 3. The van der Waals surface area contributed by atoms with E-state index in [9.17, 15) is 4.79 Å². The fourth-order valence-corrected chi connectivity index (χ4v) is 2.50. The van der Waals surface area contributed by atoms with E-state index in [0.29, 0.717) is 36.0 Å². The molecular formula is C22H20O4. The van der Waals surface area contributed by atoms with Gasteiger partial charge < -0.3 is 14.2 Å². The van der Waals surface area contributed by atoms with Crippen LogP contribution in [0.4, 0.5) is 0 Å². The Morgan fingerprint density at radius 2 is 1.58 bits per heavy atom. The van der Waals surface area contributed by atoms with Crippen molar-refractivity contribution in [2.45, 2.75) is 13.2 Å². The van der Waals surface area contributed by atoms with Gasteiger partial charge in [-0.1, -0.05) is 48.5 Å². The van der Waals surface area contributed by atoms with Crippen molar-refractivity contribution >= 4 is 6.29 Å². The Hall–Kier alpha value is -3.27. The molecular weight excluding hydrogens is 328 g/mol. The minimum absolute atomic E-state index is 0.369. The summed E-state index contributed by atoms with van der Waals surface area (Å²) in [5, 5.41) is 0. The summed E-state index contributed by atoms with van der Waals surface area (Å²) < 4.78 is 17.1. The van der Waals surface area contributed by atoms with E-state index in [0.717, 1.165) is 17.4 Å². The monoisotopic (exact) mass is 348 g/mol. The van der Waals surface area contributed by atoms with Crippen molar-refractivity contribution in [3.8, 4) is 17.2 Å². The highest BCUT2D eigenvalue weighted by atomic mass is 16.5. The summed E-state index contributed by atoms with van der Waals surface area (Å²) in [6.07, 6.45) is 0.801. The van der Waals surface area contributed by atoms with Crippen molar-refractivity contribution in [1.82, 2.24) is 0 Å². The van der Waals surface area contributed by atoms with E-state index in [-0.39, 0.29) is 0 Å². The van der Waals surface area contributed by atoms with Gasteiger partial charge in [-0.3, -0.25) is 4.79 Å². The molecule has 0 radical (unpaired) electrons. The third-order valence-corrected chi connectivity index (χ3v) is 3.86. The van der Waals surface area contributed by atoms with Crippen LogP contribution in [-0.4, -0.2) is 13.4 Å². The van der Waals surface area contributed by atoms with Crippen molar-refractivity contribution in [2.75, 3.05) is 7.11 Å². The number of aldehydes is 1. The number of methoxy groups -OCH3 is 1. The molecule has 0 aliphatic rings. The van der Waals surface area contributed by atoms with Gasteiger partial charge in [0.1, 0.15) is 25.2 Å². The van der Waals surface area contributed by atoms with Gasteiger partial charge in [-0.15, -0.1) is 0 Å². The maximum atomic E-state index is 10.9. The van der Waals surface area contributed by atoms with Crippen molar-refractivity contribution in [2.24, 2.45) is 0 Å². The number of carbonyl (C=O) groups is 1. The lowest BCUT2D eigenvalue weighted by Gasteiger charge is -2.13. The van der Waals surface area contributed by atoms with E-state index in [1.807, 2.05) is 54.6 Å². The second kappa shape index (κ2) is 8.72. The second-order valence-corrected chi connectivity index (χ2v) is 5.74. The van der Waals surface area contributed by atoms with E-state index >= 15 is 0 Å². The minimum atomic E-state index is 0.369. The zero-order chi connectivity index (χ0) is 18.2. The van der Waals surface area contributed by atoms with Crippen molar-refractivity contribution < 1.29 is 19.0 Å². The molecule has 0 aromatic heterocycles. The average molecular weight is 348 g/mol. The molecule has 0 amide bonds. The van der Waals surface area contributed by atoms with Crippen molar-refractivity contribution in [1.29, 1.82) is 0 Å². The van der Waals surface area contributed by atoms with Crippen LogP contribution in [0.5, 0.6) is 17.2 Å². The molecule has 3 aromatic rings. The molecule has 0 spiro atoms. The van der Waals surface area contributed by atoms with Gasteiger partial charge in [0.15, 0.2) is 11.5 Å². The van der Waals surface area contributed by atoms with Crippen LogP contribution < -0.4 is 14.2 Å². The van der Waals surface area contributed by atoms with Crippen LogP contribution in [0.3, 0.4) is 0 Å². The number of hydrogen-bond donors (Lipinski definition) is 0. The first-order chi connectivity index (χ1) is 12.8. The number of hydrogen-bond acceptors (Lipinski definition) is 4. The van der Waals surface area contributed by atoms with Gasteiger partial charge in [-0.2, -0.15) is 0 Å². The summed E-state index contributed by atoms with van der Waals surface area (Å²) in [6.45, 7) is 0.830. The molecule has 0 aliphatic carbocycles. The zero-order valence-electron chi connectivity index (χ0n) is 14.6. The maximum Gasteiger partial charge on any atom is 0.162 e. The molecule has 4 heteroatoms. The van der Waals surface area contributed by atoms with E-state index in [2.05, 4.69) is 0 Å². The van der Waals surface area contributed by atoms with Gasteiger partial charge in [0.25, 0.3) is 0 Å². The largest absolute Gasteiger partial charge is 0.493 e. The summed E-state index contributed by atoms with van der Waals surface area (Å²) in [6, 6.07) is 22.7. The van der Waals surface area contributed by atoms with Crippen LogP contribution in [0.25, 0.3) is 0 Å². The molecule has 132 valence electrons. The number of benzene rings is 3. The van der Waals surface area contributed by atoms with Gasteiger partial charge in [-0.25, -0.2) is 0 Å². The number of carbonyl (C=O) groups excluding carboxylic acids is 1. The Morgan fingerprint density at radius 3 is 2.35 bits per heavy atom. The van der Waals surface area contributed by atoms with E-state index in [1.54, 1.807) is 25.3 Å². The molecule has 0 atom stereocenters. The van der Waals surface area contributed by atoms with E-state index < -0.39 is 0 Å². The van der Waals surface area contributed by atoms with Gasteiger partial charge in [0.2, 0.25) is 0 Å². The van der Waals surface area contributed by atoms with Gasteiger partial charge in [-0.05, 0) is 35.4 Å². The molecule has 0 saturated carbocycles. The Bertz CT molecular complexity index is 859. The molecule has 4 nitrogen and oxygen atoms in total. The van der Waals surface area contributed by atoms with E-state index in [4.69, 9.17) is 14.2 Å². The highest BCUT2D eigenvalue weighted by Gasteiger charge is 2.07. The Balaban J connectivity index is 1.68. The van der Waals surface area contributed by atoms with Crippen LogP contribution in [0.15, 0.2) is 72.8 Å². The molecule has 0 fully saturated rings. The quantitative estimate of drug-likeness (QED) is 0.555. The zero-order valence-corrected chi connectivity index (χ0v) is 14.6. The maximum absolute atomic E-state index is 10.9. The second-order valence-electron chi connectivity index (χ2n) is 5.74. The fourth-order valence-electron chi connectivity index (χ4n) is 2.50. The Kier molecular flexibility index (Phi) is 5.88. The highest BCUT2D eigenvalue weighted by Crippen LogP contribution is 2.29. The van der Waals surface area contributed by atoms with Gasteiger partial charge in [0.05, 0.1) is 7.11 Å². The standard InChI is InChI=1S/C22H20O4/c1-24-21-11-10-19(16-25-20-9-5-8-18(12-20)14-23)13-22(21)26-15-17-6-3-2-4-7-17/h2-14H,15-16H2,1H3. The van der Waals surface area contributed by atoms with Crippen LogP contribution in [0, 0.1) is 0 Å². The summed E-state index contributed by atoms with van der Waals surface area (Å²) >= 11 is 0. The molecule has 0 saturated heterocycles. The lowest BCUT2D eigenvalue weighted by molar-refractivity contribution is 0.112. The van der Waals surface area contributed by atoms with Crippen molar-refractivity contribution in [3.05, 3.63) is 89.5 Å². The predicted molar refractivity (Wildman–Crippen MR) is 99.9 cm³/mol. The van der Waals surface area contributed by atoms with Crippen LogP contribution >= 0.6 is 0 Å². The SMILES string of the molecule is COc1ccc(COc2cccc(C=O)c2)cc1OCc1ccccc1. The smallest absolute Gasteiger partial charge is 0.162 e. The Morgan fingerprint density at radius 1 is 0.769 bits per heavy atom.